The van der Waals surface area contributed by atoms with Gasteiger partial charge in [0.15, 0.2) is 0 Å². The van der Waals surface area contributed by atoms with Gasteiger partial charge in [0.05, 0.1) is 30.5 Å². The molecule has 0 fully saturated rings. The van der Waals surface area contributed by atoms with Crippen LogP contribution in [0, 0.1) is 0 Å². The SMILES string of the molecule is CCN(CC)S(=O)(=O)c1ccc(N(C)C)c(NC(=O)CCc2cc(OC)ccc2OC)c1. The van der Waals surface area contributed by atoms with Crippen molar-refractivity contribution in [1.29, 1.82) is 0 Å². The zero-order valence-electron chi connectivity index (χ0n) is 19.6. The van der Waals surface area contributed by atoms with Crippen LogP contribution in [-0.4, -0.2) is 60.0 Å². The van der Waals surface area contributed by atoms with Gasteiger partial charge in [-0.25, -0.2) is 8.42 Å². The molecular formula is C23H33N3O5S. The van der Waals surface area contributed by atoms with E-state index < -0.39 is 10.0 Å². The molecule has 0 aliphatic rings. The number of aryl methyl sites for hydroxylation is 1. The van der Waals surface area contributed by atoms with Crippen molar-refractivity contribution < 1.29 is 22.7 Å². The van der Waals surface area contributed by atoms with E-state index in [1.165, 1.54) is 10.4 Å². The van der Waals surface area contributed by atoms with Crippen LogP contribution in [0.15, 0.2) is 41.3 Å². The van der Waals surface area contributed by atoms with Crippen LogP contribution >= 0.6 is 0 Å². The highest BCUT2D eigenvalue weighted by Crippen LogP contribution is 2.30. The van der Waals surface area contributed by atoms with Crippen LogP contribution in [0.25, 0.3) is 0 Å². The molecule has 0 saturated heterocycles. The number of benzene rings is 2. The second-order valence-corrected chi connectivity index (χ2v) is 9.33. The lowest BCUT2D eigenvalue weighted by Gasteiger charge is -2.22. The van der Waals surface area contributed by atoms with Gasteiger partial charge < -0.3 is 19.7 Å². The highest BCUT2D eigenvalue weighted by Gasteiger charge is 2.23. The monoisotopic (exact) mass is 463 g/mol. The van der Waals surface area contributed by atoms with Crippen LogP contribution in [0.4, 0.5) is 11.4 Å². The molecule has 0 aliphatic carbocycles. The topological polar surface area (TPSA) is 88.2 Å². The third kappa shape index (κ3) is 5.92. The molecule has 0 atom stereocenters. The molecule has 0 bridgehead atoms. The standard InChI is InChI=1S/C23H33N3O5S/c1-7-26(8-2)32(28,29)19-11-12-21(25(3)4)20(16-19)24-23(27)14-9-17-15-18(30-5)10-13-22(17)31-6/h10-13,15-16H,7-9,14H2,1-6H3,(H,24,27). The number of nitrogens with zero attached hydrogens (tertiary/aromatic N) is 2. The van der Waals surface area contributed by atoms with E-state index in [0.29, 0.717) is 36.7 Å². The van der Waals surface area contributed by atoms with Crippen molar-refractivity contribution in [2.45, 2.75) is 31.6 Å². The molecule has 0 unspecified atom stereocenters. The molecule has 176 valence electrons. The maximum atomic E-state index is 12.9. The zero-order chi connectivity index (χ0) is 23.9. The molecule has 32 heavy (non-hydrogen) atoms. The van der Waals surface area contributed by atoms with E-state index >= 15 is 0 Å². The van der Waals surface area contributed by atoms with Gasteiger partial charge in [0.1, 0.15) is 11.5 Å². The van der Waals surface area contributed by atoms with Gasteiger partial charge in [0.25, 0.3) is 0 Å². The van der Waals surface area contributed by atoms with Crippen LogP contribution in [0.1, 0.15) is 25.8 Å². The Labute approximate surface area is 191 Å². The van der Waals surface area contributed by atoms with Crippen molar-refractivity contribution in [3.05, 3.63) is 42.0 Å². The first-order valence-electron chi connectivity index (χ1n) is 10.5. The Bertz CT molecular complexity index is 1030. The number of anilines is 2. The summed E-state index contributed by atoms with van der Waals surface area (Å²) < 4.78 is 37.9. The number of methoxy groups -OCH3 is 2. The highest BCUT2D eigenvalue weighted by molar-refractivity contribution is 7.89. The molecule has 2 aromatic carbocycles. The van der Waals surface area contributed by atoms with Crippen molar-refractivity contribution in [1.82, 2.24) is 4.31 Å². The molecule has 0 heterocycles. The number of hydrogen-bond donors (Lipinski definition) is 1. The zero-order valence-corrected chi connectivity index (χ0v) is 20.5. The van der Waals surface area contributed by atoms with Crippen LogP contribution in [-0.2, 0) is 21.2 Å². The maximum Gasteiger partial charge on any atom is 0.243 e. The number of nitrogens with one attached hydrogen (secondary N) is 1. The second-order valence-electron chi connectivity index (χ2n) is 7.39. The summed E-state index contributed by atoms with van der Waals surface area (Å²) in [5, 5.41) is 2.88. The Kier molecular flexibility index (Phi) is 8.91. The van der Waals surface area contributed by atoms with E-state index in [9.17, 15) is 13.2 Å². The smallest absolute Gasteiger partial charge is 0.243 e. The molecule has 0 aromatic heterocycles. The van der Waals surface area contributed by atoms with Crippen molar-refractivity contribution in [2.24, 2.45) is 0 Å². The molecule has 2 rings (SSSR count). The molecule has 1 amide bonds. The molecule has 9 heteroatoms. The van der Waals surface area contributed by atoms with E-state index in [4.69, 9.17) is 9.47 Å². The Morgan fingerprint density at radius 3 is 2.25 bits per heavy atom. The van der Waals surface area contributed by atoms with Crippen molar-refractivity contribution in [3.63, 3.8) is 0 Å². The number of hydrogen-bond acceptors (Lipinski definition) is 6. The van der Waals surface area contributed by atoms with Crippen LogP contribution < -0.4 is 19.7 Å². The van der Waals surface area contributed by atoms with E-state index in [-0.39, 0.29) is 17.2 Å². The van der Waals surface area contributed by atoms with Gasteiger partial charge in [0, 0.05) is 33.6 Å². The first-order valence-corrected chi connectivity index (χ1v) is 11.9. The summed E-state index contributed by atoms with van der Waals surface area (Å²) in [6, 6.07) is 10.2. The molecule has 8 nitrogen and oxygen atoms in total. The van der Waals surface area contributed by atoms with Gasteiger partial charge in [0.2, 0.25) is 15.9 Å². The fourth-order valence-electron chi connectivity index (χ4n) is 3.42. The minimum absolute atomic E-state index is 0.150. The number of carbonyl (C=O) groups is 1. The Morgan fingerprint density at radius 1 is 1.00 bits per heavy atom. The minimum atomic E-state index is -3.64. The lowest BCUT2D eigenvalue weighted by atomic mass is 10.1. The third-order valence-corrected chi connectivity index (χ3v) is 7.22. The summed E-state index contributed by atoms with van der Waals surface area (Å²) >= 11 is 0. The van der Waals surface area contributed by atoms with Gasteiger partial charge in [-0.3, -0.25) is 4.79 Å². The van der Waals surface area contributed by atoms with E-state index in [2.05, 4.69) is 5.32 Å². The minimum Gasteiger partial charge on any atom is -0.497 e. The summed E-state index contributed by atoms with van der Waals surface area (Å²) in [5.74, 6) is 1.14. The van der Waals surface area contributed by atoms with E-state index in [1.54, 1.807) is 52.3 Å². The van der Waals surface area contributed by atoms with Crippen LogP contribution in [0.3, 0.4) is 0 Å². The fourth-order valence-corrected chi connectivity index (χ4v) is 4.90. The molecular weight excluding hydrogens is 430 g/mol. The molecule has 0 radical (unpaired) electrons. The number of sulfonamides is 1. The largest absolute Gasteiger partial charge is 0.497 e. The lowest BCUT2D eigenvalue weighted by molar-refractivity contribution is -0.116. The molecule has 2 aromatic rings. The van der Waals surface area contributed by atoms with E-state index in [0.717, 1.165) is 11.3 Å². The summed E-state index contributed by atoms with van der Waals surface area (Å²) in [6.07, 6.45) is 0.643. The lowest BCUT2D eigenvalue weighted by Crippen LogP contribution is -2.30. The molecule has 0 saturated carbocycles. The third-order valence-electron chi connectivity index (χ3n) is 5.18. The molecule has 1 N–H and O–H groups in total. The Hall–Kier alpha value is -2.78. The average molecular weight is 464 g/mol. The van der Waals surface area contributed by atoms with Crippen molar-refractivity contribution >= 4 is 27.3 Å². The van der Waals surface area contributed by atoms with Gasteiger partial charge >= 0.3 is 0 Å². The fraction of sp³-hybridized carbons (Fsp3) is 0.435. The van der Waals surface area contributed by atoms with Gasteiger partial charge in [-0.1, -0.05) is 13.8 Å². The summed E-state index contributed by atoms with van der Waals surface area (Å²) in [4.78, 5) is 14.7. The Morgan fingerprint density at radius 2 is 1.69 bits per heavy atom. The van der Waals surface area contributed by atoms with Crippen molar-refractivity contribution in [3.8, 4) is 11.5 Å². The predicted molar refractivity (Wildman–Crippen MR) is 127 cm³/mol. The summed E-state index contributed by atoms with van der Waals surface area (Å²) in [5.41, 5.74) is 2.02. The average Bonchev–Trinajstić information content (AvgIpc) is 2.77. The molecule has 0 aliphatic heterocycles. The van der Waals surface area contributed by atoms with Gasteiger partial charge in [-0.2, -0.15) is 4.31 Å². The maximum absolute atomic E-state index is 12.9. The summed E-state index contributed by atoms with van der Waals surface area (Å²) in [6.45, 7) is 4.34. The van der Waals surface area contributed by atoms with E-state index in [1.807, 2.05) is 25.1 Å². The number of ether oxygens (including phenoxy) is 2. The first-order chi connectivity index (χ1) is 15.2. The predicted octanol–water partition coefficient (Wildman–Crippen LogP) is 3.37. The van der Waals surface area contributed by atoms with Crippen LogP contribution in [0.2, 0.25) is 0 Å². The van der Waals surface area contributed by atoms with Gasteiger partial charge in [-0.15, -0.1) is 0 Å². The quantitative estimate of drug-likeness (QED) is 0.550. The van der Waals surface area contributed by atoms with Crippen molar-refractivity contribution in [2.75, 3.05) is 51.6 Å². The Balaban J connectivity index is 2.26. The molecule has 0 spiro atoms. The van der Waals surface area contributed by atoms with Gasteiger partial charge in [-0.05, 0) is 48.4 Å². The highest BCUT2D eigenvalue weighted by atomic mass is 32.2. The number of rotatable bonds is 11. The second kappa shape index (κ2) is 11.2. The summed E-state index contributed by atoms with van der Waals surface area (Å²) in [7, 11) is 3.20. The number of carbonyl (C=O) groups excluding carboxylic acids is 1. The normalized spacial score (nSPS) is 11.3. The first kappa shape index (κ1) is 25.5. The number of amides is 1. The van der Waals surface area contributed by atoms with Crippen LogP contribution in [0.5, 0.6) is 11.5 Å².